The van der Waals surface area contributed by atoms with Crippen molar-refractivity contribution in [3.8, 4) is 0 Å². The van der Waals surface area contributed by atoms with Gasteiger partial charge in [-0.05, 0) is 109 Å². The molecule has 29 heavy (non-hydrogen) atoms. The first-order valence-corrected chi connectivity index (χ1v) is 8.73. The number of carbonyl (C=O) groups is 2. The molecule has 0 aromatic rings. The molecule has 3 rings (SSSR count). The molecule has 0 aliphatic heterocycles. The van der Waals surface area contributed by atoms with Crippen LogP contribution in [0.5, 0.6) is 0 Å². The van der Waals surface area contributed by atoms with E-state index in [2.05, 4.69) is 25.7 Å². The van der Waals surface area contributed by atoms with E-state index in [4.69, 9.17) is 0 Å². The Morgan fingerprint density at radius 2 is 1.07 bits per heavy atom. The zero-order valence-electron chi connectivity index (χ0n) is 15.7. The Bertz CT molecular complexity index is 389. The number of carbonyl (C=O) groups excluding carboxylic acids is 2. The molecule has 0 unspecified atom stereocenters. The fraction of sp³-hybridized carbons (Fsp3) is 0.273. The fourth-order valence-corrected chi connectivity index (χ4v) is 2.09. The van der Waals surface area contributed by atoms with Gasteiger partial charge in [0.1, 0.15) is 5.78 Å². The molecule has 2 nitrogen and oxygen atoms in total. The first-order chi connectivity index (χ1) is 12.9. The third-order valence-corrected chi connectivity index (χ3v) is 3.51. The first kappa shape index (κ1) is 31.5. The Labute approximate surface area is 198 Å². The van der Waals surface area contributed by atoms with Crippen LogP contribution in [0.25, 0.3) is 0 Å². The van der Waals surface area contributed by atoms with Crippen LogP contribution in [-0.4, -0.2) is 17.7 Å². The zero-order valence-corrected chi connectivity index (χ0v) is 18.4. The van der Waals surface area contributed by atoms with Gasteiger partial charge in [0.05, 0.1) is 6.42 Å². The predicted molar refractivity (Wildman–Crippen MR) is 98.3 cm³/mol. The maximum Gasteiger partial charge on any atom is 2.00 e. The summed E-state index contributed by atoms with van der Waals surface area (Å²) in [6.07, 6.45) is 23.7. The van der Waals surface area contributed by atoms with E-state index < -0.39 is 24.2 Å². The molecule has 3 fully saturated rings. The molecule has 159 valence electrons. The van der Waals surface area contributed by atoms with Gasteiger partial charge in [0, 0.05) is 25.4 Å². The monoisotopic (exact) mass is 535 g/mol. The van der Waals surface area contributed by atoms with Crippen molar-refractivity contribution >= 4 is 11.6 Å². The van der Waals surface area contributed by atoms with Gasteiger partial charge in [-0.2, -0.15) is 13.2 Å². The van der Waals surface area contributed by atoms with Crippen molar-refractivity contribution in [2.45, 2.75) is 38.3 Å². The van der Waals surface area contributed by atoms with Crippen LogP contribution in [0.3, 0.4) is 0 Å². The van der Waals surface area contributed by atoms with E-state index in [1.165, 1.54) is 51.4 Å². The molecular formula is C22H23F3FeO2Rh+2. The molecule has 0 heterocycles. The Kier molecular flexibility index (Phi) is 20.6. The molecule has 15 radical (unpaired) electrons. The van der Waals surface area contributed by atoms with Crippen molar-refractivity contribution in [1.29, 1.82) is 0 Å². The number of hydrogen-bond acceptors (Lipinski definition) is 2. The van der Waals surface area contributed by atoms with Crippen LogP contribution in [0.2, 0.25) is 0 Å². The Morgan fingerprint density at radius 3 is 1.38 bits per heavy atom. The van der Waals surface area contributed by atoms with Crippen LogP contribution in [-0.2, 0) is 46.1 Å². The van der Waals surface area contributed by atoms with Crippen molar-refractivity contribution in [3.63, 3.8) is 0 Å². The minimum absolute atomic E-state index is 0. The average molecular weight is 535 g/mol. The van der Waals surface area contributed by atoms with Crippen molar-refractivity contribution in [2.24, 2.45) is 0 Å². The summed E-state index contributed by atoms with van der Waals surface area (Å²) in [6.45, 7) is 0. The minimum atomic E-state index is -4.93. The predicted octanol–water partition coefficient (Wildman–Crippen LogP) is 4.88. The maximum atomic E-state index is 11.7. The largest absolute Gasteiger partial charge is 2.00 e. The minimum Gasteiger partial charge on any atom is -0.299 e. The summed E-state index contributed by atoms with van der Waals surface area (Å²) in [4.78, 5) is 21.5. The topological polar surface area (TPSA) is 34.1 Å². The molecule has 3 aliphatic carbocycles. The fourth-order valence-electron chi connectivity index (χ4n) is 2.09. The van der Waals surface area contributed by atoms with Crippen LogP contribution < -0.4 is 0 Å². The number of halogens is 3. The quantitative estimate of drug-likeness (QED) is 0.382. The molecule has 3 saturated carbocycles. The molecule has 0 amide bonds. The summed E-state index contributed by atoms with van der Waals surface area (Å²) >= 11 is 0. The summed E-state index contributed by atoms with van der Waals surface area (Å²) in [6, 6.07) is 0. The van der Waals surface area contributed by atoms with E-state index in [-0.39, 0.29) is 42.5 Å². The Balaban J connectivity index is 0. The molecule has 3 aliphatic rings. The molecule has 0 aromatic heterocycles. The third kappa shape index (κ3) is 16.6. The third-order valence-electron chi connectivity index (χ3n) is 3.51. The number of ketones is 2. The van der Waals surface area contributed by atoms with Crippen LogP contribution in [0, 0.1) is 89.4 Å². The van der Waals surface area contributed by atoms with Gasteiger partial charge in [-0.15, -0.1) is 0 Å². The number of hydrogen-bond donors (Lipinski definition) is 0. The van der Waals surface area contributed by atoms with Crippen LogP contribution in [0.1, 0.15) is 32.1 Å². The second kappa shape index (κ2) is 19.0. The summed E-state index contributed by atoms with van der Waals surface area (Å²) in [5.74, 6) is -2.69. The van der Waals surface area contributed by atoms with Crippen molar-refractivity contribution < 1.29 is 59.3 Å². The molecule has 7 heteroatoms. The van der Waals surface area contributed by atoms with Gasteiger partial charge < -0.3 is 0 Å². The van der Waals surface area contributed by atoms with Crippen molar-refractivity contribution in [2.75, 3.05) is 0 Å². The van der Waals surface area contributed by atoms with E-state index in [9.17, 15) is 22.8 Å². The molecule has 0 N–H and O–H groups in total. The van der Waals surface area contributed by atoms with Gasteiger partial charge in [0.2, 0.25) is 5.78 Å². The molecule has 0 saturated heterocycles. The van der Waals surface area contributed by atoms with Crippen LogP contribution in [0.15, 0.2) is 0 Å². The summed E-state index contributed by atoms with van der Waals surface area (Å²) < 4.78 is 35.2. The number of alkyl halides is 3. The first-order valence-electron chi connectivity index (χ1n) is 8.73. The zero-order chi connectivity index (χ0) is 20.0. The van der Waals surface area contributed by atoms with E-state index in [1.54, 1.807) is 0 Å². The van der Waals surface area contributed by atoms with E-state index in [1.807, 2.05) is 32.1 Å². The van der Waals surface area contributed by atoms with Crippen LogP contribution >= 0.6 is 0 Å². The maximum absolute atomic E-state index is 11.7. The van der Waals surface area contributed by atoms with Crippen molar-refractivity contribution in [3.05, 3.63) is 89.4 Å². The van der Waals surface area contributed by atoms with E-state index in [0.29, 0.717) is 0 Å². The summed E-state index contributed by atoms with van der Waals surface area (Å²) in [5.41, 5.74) is 0. The van der Waals surface area contributed by atoms with Gasteiger partial charge in [0.25, 0.3) is 0 Å². The second-order valence-corrected chi connectivity index (χ2v) is 5.75. The van der Waals surface area contributed by atoms with Gasteiger partial charge in [0.15, 0.2) is 0 Å². The van der Waals surface area contributed by atoms with Crippen LogP contribution in [0.4, 0.5) is 13.2 Å². The average Bonchev–Trinajstić information content (AvgIpc) is 3.30. The normalized spacial score (nSPS) is 19.7. The molecular weight excluding hydrogens is 512 g/mol. The van der Waals surface area contributed by atoms with E-state index >= 15 is 0 Å². The SMILES string of the molecule is O=C(CC(=O)C(F)(F)F)[C]1[CH][CH][CH][CH]1.[CH]1[CH]CC[CH][CH]CC1.[CH]1[CH][CH][CH][CH]1.[Fe+2].[Rh]. The molecule has 0 spiro atoms. The standard InChI is InChI=1S/C9H6F3O2.C8H12.C5H5.Fe.Rh/c10-9(11,12)8(14)5-7(13)6-3-1-2-4-6;1-2-4-6-8-7-5-3-1;1-2-4-5-3-1;;/h1-4H,5H2;1-2,7-8H,3-6H2;1-5H;;/q;;;+2;. The molecule has 0 bridgehead atoms. The van der Waals surface area contributed by atoms with Gasteiger partial charge in [-0.3, -0.25) is 9.59 Å². The van der Waals surface area contributed by atoms with Gasteiger partial charge in [-0.25, -0.2) is 0 Å². The second-order valence-electron chi connectivity index (χ2n) is 5.75. The van der Waals surface area contributed by atoms with Gasteiger partial charge >= 0.3 is 23.2 Å². The smallest absolute Gasteiger partial charge is 0.299 e. The molecule has 0 atom stereocenters. The molecule has 0 aromatic carbocycles. The Hall–Kier alpha value is 0.273. The number of rotatable bonds is 3. The summed E-state index contributed by atoms with van der Waals surface area (Å²) in [5, 5.41) is 0. The number of Topliss-reactive ketones (excluding diaryl/α,β-unsaturated/α-hetero) is 2. The van der Waals surface area contributed by atoms with Crippen molar-refractivity contribution in [1.82, 2.24) is 0 Å². The summed E-state index contributed by atoms with van der Waals surface area (Å²) in [7, 11) is 0. The van der Waals surface area contributed by atoms with Gasteiger partial charge in [-0.1, -0.05) is 0 Å². The Morgan fingerprint density at radius 1 is 0.724 bits per heavy atom. The van der Waals surface area contributed by atoms with E-state index in [0.717, 1.165) is 0 Å².